The molecular weight excluding hydrogens is 246 g/mol. The monoisotopic (exact) mass is 267 g/mol. The van der Waals surface area contributed by atoms with Gasteiger partial charge in [0.2, 0.25) is 0 Å². The van der Waals surface area contributed by atoms with Gasteiger partial charge in [-0.3, -0.25) is 4.79 Å². The van der Waals surface area contributed by atoms with Crippen LogP contribution in [0.4, 0.5) is 0 Å². The standard InChI is InChI=1S/C13H21N3OS/c1-5-6-7-16-12(17)9(11(14)18)8-10(15-16)13(2,3)4/h8H,5-7H2,1-4H3,(H2,14,18). The number of hydrogen-bond acceptors (Lipinski definition) is 3. The first kappa shape index (κ1) is 14.8. The van der Waals surface area contributed by atoms with Gasteiger partial charge in [0.25, 0.3) is 5.56 Å². The molecule has 0 saturated carbocycles. The van der Waals surface area contributed by atoms with Gasteiger partial charge in [-0.1, -0.05) is 46.3 Å². The summed E-state index contributed by atoms with van der Waals surface area (Å²) in [5.74, 6) is 0. The molecule has 0 aliphatic carbocycles. The van der Waals surface area contributed by atoms with Crippen LogP contribution in [-0.2, 0) is 12.0 Å². The number of aryl methyl sites for hydroxylation is 1. The largest absolute Gasteiger partial charge is 0.389 e. The Hall–Kier alpha value is -1.23. The fourth-order valence-corrected chi connectivity index (χ4v) is 1.69. The van der Waals surface area contributed by atoms with Crippen LogP contribution in [0.2, 0.25) is 0 Å². The Balaban J connectivity index is 3.37. The highest BCUT2D eigenvalue weighted by Gasteiger charge is 2.20. The molecule has 0 radical (unpaired) electrons. The van der Waals surface area contributed by atoms with Crippen LogP contribution in [-0.4, -0.2) is 14.8 Å². The summed E-state index contributed by atoms with van der Waals surface area (Å²) in [6.45, 7) is 8.83. The van der Waals surface area contributed by atoms with Crippen molar-refractivity contribution < 1.29 is 0 Å². The third-order valence-corrected chi connectivity index (χ3v) is 2.95. The Morgan fingerprint density at radius 3 is 2.56 bits per heavy atom. The molecule has 0 aromatic carbocycles. The molecule has 0 spiro atoms. The molecule has 100 valence electrons. The first-order valence-electron chi connectivity index (χ1n) is 6.19. The van der Waals surface area contributed by atoms with E-state index in [1.165, 1.54) is 4.68 Å². The Kier molecular flexibility index (Phi) is 4.62. The summed E-state index contributed by atoms with van der Waals surface area (Å²) in [5, 5.41) is 4.41. The molecule has 2 N–H and O–H groups in total. The summed E-state index contributed by atoms with van der Waals surface area (Å²) in [7, 11) is 0. The van der Waals surface area contributed by atoms with E-state index in [-0.39, 0.29) is 16.0 Å². The van der Waals surface area contributed by atoms with Crippen LogP contribution in [0.15, 0.2) is 10.9 Å². The highest BCUT2D eigenvalue weighted by Crippen LogP contribution is 2.19. The third kappa shape index (κ3) is 3.38. The van der Waals surface area contributed by atoms with Gasteiger partial charge in [-0.2, -0.15) is 5.10 Å². The van der Waals surface area contributed by atoms with E-state index in [0.29, 0.717) is 12.1 Å². The minimum Gasteiger partial charge on any atom is -0.389 e. The summed E-state index contributed by atoms with van der Waals surface area (Å²) >= 11 is 4.94. The van der Waals surface area contributed by atoms with Crippen molar-refractivity contribution in [2.45, 2.75) is 52.5 Å². The number of thiocarbonyl (C=S) groups is 1. The van der Waals surface area contributed by atoms with Gasteiger partial charge in [0.05, 0.1) is 11.3 Å². The molecule has 0 unspecified atom stereocenters. The number of rotatable bonds is 4. The molecule has 1 aromatic rings. The molecule has 1 rings (SSSR count). The zero-order valence-electron chi connectivity index (χ0n) is 11.5. The Labute approximate surface area is 113 Å². The number of nitrogens with two attached hydrogens (primary N) is 1. The fraction of sp³-hybridized carbons (Fsp3) is 0.615. The van der Waals surface area contributed by atoms with E-state index in [9.17, 15) is 4.79 Å². The number of nitrogens with zero attached hydrogens (tertiary/aromatic N) is 2. The number of unbranched alkanes of at least 4 members (excludes halogenated alkanes) is 1. The van der Waals surface area contributed by atoms with Gasteiger partial charge < -0.3 is 5.73 Å². The molecule has 0 aliphatic heterocycles. The van der Waals surface area contributed by atoms with Crippen LogP contribution in [0.3, 0.4) is 0 Å². The highest BCUT2D eigenvalue weighted by molar-refractivity contribution is 7.80. The average Bonchev–Trinajstić information content (AvgIpc) is 2.25. The second kappa shape index (κ2) is 5.61. The van der Waals surface area contributed by atoms with Crippen LogP contribution in [0.5, 0.6) is 0 Å². The summed E-state index contributed by atoms with van der Waals surface area (Å²) in [4.78, 5) is 12.3. The maximum atomic E-state index is 12.1. The normalized spacial score (nSPS) is 11.6. The molecule has 5 heteroatoms. The van der Waals surface area contributed by atoms with Crippen molar-refractivity contribution in [1.29, 1.82) is 0 Å². The van der Waals surface area contributed by atoms with Crippen molar-refractivity contribution in [2.24, 2.45) is 5.73 Å². The van der Waals surface area contributed by atoms with Crippen LogP contribution < -0.4 is 11.3 Å². The third-order valence-electron chi connectivity index (χ3n) is 2.73. The van der Waals surface area contributed by atoms with E-state index in [1.54, 1.807) is 6.07 Å². The predicted octanol–water partition coefficient (Wildman–Crippen LogP) is 1.98. The maximum Gasteiger partial charge on any atom is 0.277 e. The van der Waals surface area contributed by atoms with Crippen molar-refractivity contribution in [2.75, 3.05) is 0 Å². The summed E-state index contributed by atoms with van der Waals surface area (Å²) < 4.78 is 1.48. The van der Waals surface area contributed by atoms with Crippen molar-refractivity contribution in [3.63, 3.8) is 0 Å². The molecule has 0 aliphatic rings. The summed E-state index contributed by atoms with van der Waals surface area (Å²) in [5.41, 5.74) is 6.51. The lowest BCUT2D eigenvalue weighted by molar-refractivity contribution is 0.486. The van der Waals surface area contributed by atoms with E-state index >= 15 is 0 Å². The average molecular weight is 267 g/mol. The molecule has 0 saturated heterocycles. The van der Waals surface area contributed by atoms with Gasteiger partial charge in [0.15, 0.2) is 0 Å². The lowest BCUT2D eigenvalue weighted by Gasteiger charge is -2.19. The second-order valence-electron chi connectivity index (χ2n) is 5.44. The van der Waals surface area contributed by atoms with Gasteiger partial charge in [0.1, 0.15) is 4.99 Å². The Morgan fingerprint density at radius 1 is 1.50 bits per heavy atom. The van der Waals surface area contributed by atoms with E-state index in [4.69, 9.17) is 18.0 Å². The van der Waals surface area contributed by atoms with Crippen molar-refractivity contribution >= 4 is 17.2 Å². The molecule has 1 heterocycles. The number of aromatic nitrogens is 2. The Bertz CT molecular complexity index is 500. The van der Waals surface area contributed by atoms with Gasteiger partial charge in [0, 0.05) is 12.0 Å². The second-order valence-corrected chi connectivity index (χ2v) is 5.88. The first-order valence-corrected chi connectivity index (χ1v) is 6.60. The summed E-state index contributed by atoms with van der Waals surface area (Å²) in [6.07, 6.45) is 1.92. The summed E-state index contributed by atoms with van der Waals surface area (Å²) in [6, 6.07) is 1.72. The topological polar surface area (TPSA) is 60.9 Å². The zero-order chi connectivity index (χ0) is 13.9. The van der Waals surface area contributed by atoms with Crippen LogP contribution in [0, 0.1) is 0 Å². The number of hydrogen-bond donors (Lipinski definition) is 1. The van der Waals surface area contributed by atoms with Gasteiger partial charge in [-0.15, -0.1) is 0 Å². The smallest absolute Gasteiger partial charge is 0.277 e. The SMILES string of the molecule is CCCCn1nc(C(C)(C)C)cc(C(N)=S)c1=O. The zero-order valence-corrected chi connectivity index (χ0v) is 12.3. The fourth-order valence-electron chi connectivity index (χ4n) is 1.54. The molecule has 4 nitrogen and oxygen atoms in total. The minimum atomic E-state index is -0.191. The van der Waals surface area contributed by atoms with E-state index < -0.39 is 0 Å². The van der Waals surface area contributed by atoms with Crippen LogP contribution in [0.1, 0.15) is 51.8 Å². The van der Waals surface area contributed by atoms with E-state index in [0.717, 1.165) is 18.5 Å². The minimum absolute atomic E-state index is 0.137. The van der Waals surface area contributed by atoms with Crippen LogP contribution >= 0.6 is 12.2 Å². The molecule has 18 heavy (non-hydrogen) atoms. The molecule has 1 aromatic heterocycles. The molecule has 0 fully saturated rings. The Morgan fingerprint density at radius 2 is 2.11 bits per heavy atom. The highest BCUT2D eigenvalue weighted by atomic mass is 32.1. The molecule has 0 atom stereocenters. The lowest BCUT2D eigenvalue weighted by atomic mass is 9.91. The molecular formula is C13H21N3OS. The first-order chi connectivity index (χ1) is 8.27. The van der Waals surface area contributed by atoms with Gasteiger partial charge >= 0.3 is 0 Å². The maximum absolute atomic E-state index is 12.1. The molecule has 0 bridgehead atoms. The predicted molar refractivity (Wildman–Crippen MR) is 78.0 cm³/mol. The lowest BCUT2D eigenvalue weighted by Crippen LogP contribution is -2.34. The molecule has 0 amide bonds. The quantitative estimate of drug-likeness (QED) is 0.847. The van der Waals surface area contributed by atoms with E-state index in [1.807, 2.05) is 20.8 Å². The van der Waals surface area contributed by atoms with Crippen molar-refractivity contribution in [1.82, 2.24) is 9.78 Å². The van der Waals surface area contributed by atoms with Crippen molar-refractivity contribution in [3.05, 3.63) is 27.7 Å². The van der Waals surface area contributed by atoms with Crippen molar-refractivity contribution in [3.8, 4) is 0 Å². The van der Waals surface area contributed by atoms with Gasteiger partial charge in [-0.25, -0.2) is 4.68 Å². The van der Waals surface area contributed by atoms with Crippen LogP contribution in [0.25, 0.3) is 0 Å². The van der Waals surface area contributed by atoms with E-state index in [2.05, 4.69) is 12.0 Å². The van der Waals surface area contributed by atoms with Gasteiger partial charge in [-0.05, 0) is 12.5 Å².